The fourth-order valence-electron chi connectivity index (χ4n) is 2.95. The fourth-order valence-corrected chi connectivity index (χ4v) is 3.61. The molecule has 3 rings (SSSR count). The zero-order chi connectivity index (χ0) is 13.1. The standard InChI is InChI=1S/C15H24N2OS/c1-16-8-14-4-5-15(18-14)10-17(13-2-3-13)9-12-6-7-19-11-12/h6-7,11,13-16H,2-5,8-10H2,1H3. The summed E-state index contributed by atoms with van der Waals surface area (Å²) < 4.78 is 6.13. The lowest BCUT2D eigenvalue weighted by atomic mass is 10.2. The van der Waals surface area contributed by atoms with Gasteiger partial charge in [0, 0.05) is 25.7 Å². The average molecular weight is 280 g/mol. The first-order chi connectivity index (χ1) is 9.35. The molecule has 2 fully saturated rings. The van der Waals surface area contributed by atoms with Gasteiger partial charge in [0.25, 0.3) is 0 Å². The first-order valence-corrected chi connectivity index (χ1v) is 8.34. The summed E-state index contributed by atoms with van der Waals surface area (Å²) in [5.74, 6) is 0. The lowest BCUT2D eigenvalue weighted by Crippen LogP contribution is -2.34. The molecule has 106 valence electrons. The van der Waals surface area contributed by atoms with Gasteiger partial charge in [-0.15, -0.1) is 0 Å². The minimum atomic E-state index is 0.428. The van der Waals surface area contributed by atoms with Gasteiger partial charge in [-0.2, -0.15) is 11.3 Å². The largest absolute Gasteiger partial charge is 0.372 e. The molecule has 19 heavy (non-hydrogen) atoms. The minimum Gasteiger partial charge on any atom is -0.372 e. The molecule has 1 saturated heterocycles. The van der Waals surface area contributed by atoms with Crippen LogP contribution in [0.3, 0.4) is 0 Å². The van der Waals surface area contributed by atoms with E-state index in [0.29, 0.717) is 12.2 Å². The minimum absolute atomic E-state index is 0.428. The molecule has 0 spiro atoms. The normalized spacial score (nSPS) is 27.3. The number of ether oxygens (including phenoxy) is 1. The molecule has 0 radical (unpaired) electrons. The first-order valence-electron chi connectivity index (χ1n) is 7.40. The Bertz CT molecular complexity index is 378. The molecule has 1 aliphatic carbocycles. The van der Waals surface area contributed by atoms with Crippen LogP contribution < -0.4 is 5.32 Å². The maximum Gasteiger partial charge on any atom is 0.0707 e. The Hall–Kier alpha value is -0.420. The van der Waals surface area contributed by atoms with Crippen LogP contribution in [0.2, 0.25) is 0 Å². The number of thiophene rings is 1. The third-order valence-electron chi connectivity index (χ3n) is 4.09. The molecule has 1 aliphatic heterocycles. The molecule has 1 saturated carbocycles. The van der Waals surface area contributed by atoms with E-state index in [1.807, 2.05) is 7.05 Å². The van der Waals surface area contributed by atoms with Gasteiger partial charge in [-0.25, -0.2) is 0 Å². The van der Waals surface area contributed by atoms with E-state index in [1.54, 1.807) is 11.3 Å². The van der Waals surface area contributed by atoms with Crippen molar-refractivity contribution in [3.63, 3.8) is 0 Å². The Kier molecular flexibility index (Phi) is 4.53. The van der Waals surface area contributed by atoms with Crippen LogP contribution in [0.5, 0.6) is 0 Å². The van der Waals surface area contributed by atoms with Crippen molar-refractivity contribution in [1.82, 2.24) is 10.2 Å². The van der Waals surface area contributed by atoms with Crippen molar-refractivity contribution < 1.29 is 4.74 Å². The summed E-state index contributed by atoms with van der Waals surface area (Å²) >= 11 is 1.80. The maximum atomic E-state index is 6.13. The van der Waals surface area contributed by atoms with Crippen LogP contribution in [0.25, 0.3) is 0 Å². The van der Waals surface area contributed by atoms with Crippen molar-refractivity contribution >= 4 is 11.3 Å². The molecule has 1 aromatic heterocycles. The summed E-state index contributed by atoms with van der Waals surface area (Å²) in [4.78, 5) is 2.63. The molecule has 2 unspecified atom stereocenters. The second-order valence-electron chi connectivity index (χ2n) is 5.81. The summed E-state index contributed by atoms with van der Waals surface area (Å²) in [5.41, 5.74) is 1.46. The monoisotopic (exact) mass is 280 g/mol. The Balaban J connectivity index is 1.51. The van der Waals surface area contributed by atoms with Gasteiger partial charge in [0.2, 0.25) is 0 Å². The lowest BCUT2D eigenvalue weighted by molar-refractivity contribution is 0.0208. The molecule has 2 heterocycles. The van der Waals surface area contributed by atoms with Gasteiger partial charge >= 0.3 is 0 Å². The molecular weight excluding hydrogens is 256 g/mol. The highest BCUT2D eigenvalue weighted by Crippen LogP contribution is 2.31. The zero-order valence-electron chi connectivity index (χ0n) is 11.7. The Morgan fingerprint density at radius 1 is 1.32 bits per heavy atom. The maximum absolute atomic E-state index is 6.13. The highest BCUT2D eigenvalue weighted by Gasteiger charge is 2.33. The molecule has 2 aliphatic rings. The summed E-state index contributed by atoms with van der Waals surface area (Å²) in [6, 6.07) is 3.06. The van der Waals surface area contributed by atoms with Gasteiger partial charge in [-0.05, 0) is 55.1 Å². The second-order valence-corrected chi connectivity index (χ2v) is 6.59. The molecule has 0 amide bonds. The number of nitrogens with zero attached hydrogens (tertiary/aromatic N) is 1. The van der Waals surface area contributed by atoms with E-state index in [9.17, 15) is 0 Å². The van der Waals surface area contributed by atoms with Crippen molar-refractivity contribution in [2.24, 2.45) is 0 Å². The van der Waals surface area contributed by atoms with Crippen molar-refractivity contribution in [2.45, 2.75) is 50.5 Å². The molecular formula is C15H24N2OS. The van der Waals surface area contributed by atoms with Gasteiger partial charge in [0.1, 0.15) is 0 Å². The third-order valence-corrected chi connectivity index (χ3v) is 4.83. The SMILES string of the molecule is CNCC1CCC(CN(Cc2ccsc2)C2CC2)O1. The van der Waals surface area contributed by atoms with E-state index in [-0.39, 0.29) is 0 Å². The van der Waals surface area contributed by atoms with Crippen LogP contribution in [0.15, 0.2) is 16.8 Å². The summed E-state index contributed by atoms with van der Waals surface area (Å²) in [7, 11) is 2.00. The predicted octanol–water partition coefficient (Wildman–Crippen LogP) is 2.48. The van der Waals surface area contributed by atoms with E-state index in [0.717, 1.165) is 25.7 Å². The van der Waals surface area contributed by atoms with Crippen LogP contribution in [-0.2, 0) is 11.3 Å². The number of rotatable bonds is 7. The smallest absolute Gasteiger partial charge is 0.0707 e. The third kappa shape index (κ3) is 3.78. The molecule has 4 heteroatoms. The molecule has 2 atom stereocenters. The molecule has 3 nitrogen and oxygen atoms in total. The molecule has 0 aromatic carbocycles. The summed E-state index contributed by atoms with van der Waals surface area (Å²) in [5, 5.41) is 7.67. The van der Waals surface area contributed by atoms with Crippen molar-refractivity contribution in [2.75, 3.05) is 20.1 Å². The fraction of sp³-hybridized carbons (Fsp3) is 0.733. The Labute approximate surface area is 119 Å². The number of likely N-dealkylation sites (N-methyl/N-ethyl adjacent to an activating group) is 1. The summed E-state index contributed by atoms with van der Waals surface area (Å²) in [6.45, 7) is 3.20. The quantitative estimate of drug-likeness (QED) is 0.830. The van der Waals surface area contributed by atoms with Gasteiger partial charge in [-0.3, -0.25) is 4.90 Å². The molecule has 1 N–H and O–H groups in total. The van der Waals surface area contributed by atoms with E-state index in [4.69, 9.17) is 4.74 Å². The van der Waals surface area contributed by atoms with Crippen LogP contribution >= 0.6 is 11.3 Å². The van der Waals surface area contributed by atoms with Crippen LogP contribution in [-0.4, -0.2) is 43.3 Å². The van der Waals surface area contributed by atoms with Crippen molar-refractivity contribution in [3.8, 4) is 0 Å². The topological polar surface area (TPSA) is 24.5 Å². The van der Waals surface area contributed by atoms with Crippen LogP contribution in [0.4, 0.5) is 0 Å². The van der Waals surface area contributed by atoms with Crippen molar-refractivity contribution in [1.29, 1.82) is 0 Å². The van der Waals surface area contributed by atoms with Gasteiger partial charge in [-0.1, -0.05) is 0 Å². The molecule has 0 bridgehead atoms. The summed E-state index contributed by atoms with van der Waals surface area (Å²) in [6.07, 6.45) is 6.05. The highest BCUT2D eigenvalue weighted by molar-refractivity contribution is 7.07. The average Bonchev–Trinajstić information content (AvgIpc) is 2.95. The Morgan fingerprint density at radius 3 is 2.84 bits per heavy atom. The van der Waals surface area contributed by atoms with E-state index in [1.165, 1.54) is 31.2 Å². The second kappa shape index (κ2) is 6.35. The number of hydrogen-bond acceptors (Lipinski definition) is 4. The Morgan fingerprint density at radius 2 is 2.16 bits per heavy atom. The van der Waals surface area contributed by atoms with E-state index >= 15 is 0 Å². The van der Waals surface area contributed by atoms with E-state index < -0.39 is 0 Å². The predicted molar refractivity (Wildman–Crippen MR) is 79.6 cm³/mol. The lowest BCUT2D eigenvalue weighted by Gasteiger charge is -2.25. The van der Waals surface area contributed by atoms with Gasteiger partial charge in [0.15, 0.2) is 0 Å². The van der Waals surface area contributed by atoms with E-state index in [2.05, 4.69) is 27.0 Å². The number of hydrogen-bond donors (Lipinski definition) is 1. The first kappa shape index (κ1) is 13.6. The molecule has 1 aromatic rings. The van der Waals surface area contributed by atoms with Gasteiger partial charge < -0.3 is 10.1 Å². The zero-order valence-corrected chi connectivity index (χ0v) is 12.5. The van der Waals surface area contributed by atoms with Crippen molar-refractivity contribution in [3.05, 3.63) is 22.4 Å². The van der Waals surface area contributed by atoms with Crippen LogP contribution in [0, 0.1) is 0 Å². The van der Waals surface area contributed by atoms with Crippen LogP contribution in [0.1, 0.15) is 31.2 Å². The highest BCUT2D eigenvalue weighted by atomic mass is 32.1. The number of nitrogens with one attached hydrogen (secondary N) is 1. The van der Waals surface area contributed by atoms with Gasteiger partial charge in [0.05, 0.1) is 12.2 Å².